The Labute approximate surface area is 488 Å². The van der Waals surface area contributed by atoms with Crippen LogP contribution in [0.15, 0.2) is 72.8 Å². The number of aliphatic hydroxyl groups is 1. The van der Waals surface area contributed by atoms with Crippen molar-refractivity contribution in [1.82, 2.24) is 42.1 Å². The van der Waals surface area contributed by atoms with Crippen LogP contribution in [0.2, 0.25) is 0 Å². The Morgan fingerprint density at radius 3 is 1.41 bits per heavy atom. The first-order valence-corrected chi connectivity index (χ1v) is 27.3. The zero-order chi connectivity index (χ0) is 63.2. The minimum absolute atomic E-state index is 0.0275. The Morgan fingerprint density at radius 1 is 0.529 bits per heavy atom. The highest BCUT2D eigenvalue weighted by molar-refractivity contribution is 5.99. The van der Waals surface area contributed by atoms with E-state index in [1.165, 1.54) is 77.7 Å². The number of aromatic hydroxyl groups is 3. The summed E-state index contributed by atoms with van der Waals surface area (Å²) in [6, 6.07) is 2.66. The second-order valence-electron chi connectivity index (χ2n) is 20.8. The van der Waals surface area contributed by atoms with E-state index < -0.39 is 157 Å². The lowest BCUT2D eigenvalue weighted by atomic mass is 9.96. The lowest BCUT2D eigenvalue weighted by molar-refractivity contribution is -0.145. The maximum Gasteiger partial charge on any atom is 0.328 e. The summed E-state index contributed by atoms with van der Waals surface area (Å²) < 4.78 is 0. The van der Waals surface area contributed by atoms with Crippen molar-refractivity contribution in [2.24, 2.45) is 28.9 Å². The average Bonchev–Trinajstić information content (AvgIpc) is 3.54. The lowest BCUT2D eigenvalue weighted by Gasteiger charge is -2.32. The highest BCUT2D eigenvalue weighted by Crippen LogP contribution is 2.23. The number of carbonyl (C=O) groups excluding carboxylic acids is 11. The van der Waals surface area contributed by atoms with Gasteiger partial charge in [-0.3, -0.25) is 52.7 Å². The van der Waals surface area contributed by atoms with Crippen molar-refractivity contribution in [3.8, 4) is 17.2 Å². The third-order valence-corrected chi connectivity index (χ3v) is 14.1. The third-order valence-electron chi connectivity index (χ3n) is 14.1. The molecule has 0 bridgehead atoms. The number of benzene rings is 3. The lowest BCUT2D eigenvalue weighted by Crippen LogP contribution is -2.62. The van der Waals surface area contributed by atoms with Crippen molar-refractivity contribution in [2.45, 2.75) is 152 Å². The van der Waals surface area contributed by atoms with Crippen molar-refractivity contribution in [3.05, 3.63) is 89.5 Å². The predicted molar refractivity (Wildman–Crippen MR) is 301 cm³/mol. The van der Waals surface area contributed by atoms with Gasteiger partial charge in [0.25, 0.3) is 0 Å². The highest BCUT2D eigenvalue weighted by atomic mass is 16.4. The van der Waals surface area contributed by atoms with E-state index in [0.717, 1.165) is 6.92 Å². The van der Waals surface area contributed by atoms with Gasteiger partial charge in [0, 0.05) is 38.6 Å². The Bertz CT molecular complexity index is 2870. The molecule has 11 atom stereocenters. The van der Waals surface area contributed by atoms with Gasteiger partial charge in [0.2, 0.25) is 65.0 Å². The first-order valence-electron chi connectivity index (χ1n) is 27.3. The van der Waals surface area contributed by atoms with Crippen LogP contribution >= 0.6 is 0 Å². The Balaban J connectivity index is 1.64. The van der Waals surface area contributed by atoms with Crippen LogP contribution in [0.25, 0.3) is 0 Å². The number of carboxylic acid groups (broad SMARTS) is 1. The first kappa shape index (κ1) is 68.1. The molecule has 1 aliphatic rings. The number of nitrogens with one attached hydrogen (secondary N) is 7. The van der Waals surface area contributed by atoms with Crippen molar-refractivity contribution in [1.29, 1.82) is 0 Å². The quantitative estimate of drug-likeness (QED) is 0.0281. The number of carboxylic acids is 1. The molecule has 0 aliphatic carbocycles. The average molecular weight is 1190 g/mol. The van der Waals surface area contributed by atoms with E-state index in [0.29, 0.717) is 16.7 Å². The number of aliphatic hydroxyl groups excluding tert-OH is 1. The molecule has 0 unspecified atom stereocenters. The maximum absolute atomic E-state index is 14.9. The molecular weight excluding hydrogens is 1110 g/mol. The summed E-state index contributed by atoms with van der Waals surface area (Å²) in [5.74, 6) is -13.2. The smallest absolute Gasteiger partial charge is 0.328 e. The van der Waals surface area contributed by atoms with Gasteiger partial charge in [0.1, 0.15) is 59.5 Å². The first-order chi connectivity index (χ1) is 40.1. The molecule has 1 saturated heterocycles. The van der Waals surface area contributed by atoms with Crippen molar-refractivity contribution < 1.29 is 83.1 Å². The summed E-state index contributed by atoms with van der Waals surface area (Å²) in [6.07, 6.45) is -4.02. The van der Waals surface area contributed by atoms with Crippen LogP contribution in [0.3, 0.4) is 0 Å². The van der Waals surface area contributed by atoms with Gasteiger partial charge in [-0.1, -0.05) is 56.7 Å². The van der Waals surface area contributed by atoms with Crippen LogP contribution in [-0.4, -0.2) is 168 Å². The fraction of sp³-hybridized carbons (Fsp3) is 0.464. The molecule has 20 N–H and O–H groups in total. The number of aliphatic carboxylic acids is 1. The van der Waals surface area contributed by atoms with E-state index in [9.17, 15) is 83.1 Å². The number of phenolic OH excluding ortho intramolecular Hbond substituents is 3. The summed E-state index contributed by atoms with van der Waals surface area (Å²) in [4.78, 5) is 162. The molecule has 29 heteroatoms. The van der Waals surface area contributed by atoms with Crippen LogP contribution in [0.5, 0.6) is 17.2 Å². The highest BCUT2D eigenvalue weighted by Gasteiger charge is 2.41. The molecule has 85 heavy (non-hydrogen) atoms. The molecule has 11 amide bonds. The van der Waals surface area contributed by atoms with E-state index in [1.54, 1.807) is 13.8 Å². The Hall–Kier alpha value is -9.38. The molecule has 0 spiro atoms. The summed E-state index contributed by atoms with van der Waals surface area (Å²) in [5.41, 5.74) is 23.2. The fourth-order valence-corrected chi connectivity index (χ4v) is 9.07. The number of likely N-dealkylation sites (tertiary alicyclic amines) is 1. The number of hydrogen-bond donors (Lipinski definition) is 16. The van der Waals surface area contributed by atoms with E-state index in [-0.39, 0.29) is 75.2 Å². The van der Waals surface area contributed by atoms with Crippen LogP contribution in [0.1, 0.15) is 88.8 Å². The number of phenols is 3. The molecule has 1 heterocycles. The van der Waals surface area contributed by atoms with Gasteiger partial charge in [0.15, 0.2) is 6.04 Å². The normalized spacial score (nSPS) is 16.4. The van der Waals surface area contributed by atoms with Gasteiger partial charge < -0.3 is 90.6 Å². The van der Waals surface area contributed by atoms with Crippen LogP contribution < -0.4 is 60.2 Å². The summed E-state index contributed by atoms with van der Waals surface area (Å²) >= 11 is 0. The molecule has 0 radical (unpaired) electrons. The largest absolute Gasteiger partial charge is 0.508 e. The van der Waals surface area contributed by atoms with E-state index in [2.05, 4.69) is 37.2 Å². The molecular formula is C56H76N12O17. The predicted octanol–water partition coefficient (Wildman–Crippen LogP) is -3.54. The molecule has 3 aromatic rings. The minimum atomic E-state index is -1.85. The van der Waals surface area contributed by atoms with Gasteiger partial charge >= 0.3 is 5.97 Å². The van der Waals surface area contributed by atoms with Gasteiger partial charge in [-0.15, -0.1) is 0 Å². The fourth-order valence-electron chi connectivity index (χ4n) is 9.07. The SMILES string of the molecule is CC[C@H](C)[C@H](NC(=O)[C@H](CC(N)=O)NC(=O)[C@H](Cc1ccc(O)cc1)NC(=O)[C@H](CCC(N)=O)NC(=O)[C@@H](N)CCC(N)=O)C(=O)N[C@@H](Cc1ccc(O)cc1)C(=O)N1CCC[C@H]1C(=O)N[C@@H](Cc1ccc(O)cc1)C(=O)N[C@H](C(=O)O)[C@@H](C)O. The van der Waals surface area contributed by atoms with Gasteiger partial charge in [-0.2, -0.15) is 0 Å². The van der Waals surface area contributed by atoms with E-state index in [4.69, 9.17) is 22.9 Å². The zero-order valence-corrected chi connectivity index (χ0v) is 47.2. The maximum atomic E-state index is 14.9. The summed E-state index contributed by atoms with van der Waals surface area (Å²) in [7, 11) is 0. The Morgan fingerprint density at radius 2 is 0.941 bits per heavy atom. The molecule has 1 fully saturated rings. The van der Waals surface area contributed by atoms with Crippen LogP contribution in [0, 0.1) is 5.92 Å². The molecule has 0 aromatic heterocycles. The van der Waals surface area contributed by atoms with Crippen molar-refractivity contribution >= 4 is 70.9 Å². The molecule has 0 saturated carbocycles. The minimum Gasteiger partial charge on any atom is -0.508 e. The van der Waals surface area contributed by atoms with Crippen molar-refractivity contribution in [2.75, 3.05) is 6.54 Å². The third kappa shape index (κ3) is 21.7. The zero-order valence-electron chi connectivity index (χ0n) is 47.2. The standard InChI is InChI=1S/C56H76N12O17/c1-4-28(2)46(66-52(80)40(27-45(60)75)63-50(78)38(24-30-7-13-33(70)14-8-30)62-49(77)37(20-22-44(59)74)61-48(76)36(57)19-21-43(58)73)54(82)65-41(26-32-11-17-35(72)18-12-32)55(83)68-23-5-6-42(68)53(81)64-39(25-31-9-15-34(71)16-10-31)51(79)67-47(29(3)69)56(84)85/h7-18,28-29,36-42,46-47,69-72H,4-6,19-27,57H2,1-3H3,(H2,58,73)(H2,59,74)(H2,60,75)(H,61,76)(H,62,77)(H,63,78)(H,64,81)(H,65,82)(H,66,80)(H,67,79)(H,84,85)/t28-,29+,36-,37-,38-,39-,40-,41-,42-,46-,47-/m0/s1. The second kappa shape index (κ2) is 32.5. The summed E-state index contributed by atoms with van der Waals surface area (Å²) in [6.45, 7) is 4.37. The monoisotopic (exact) mass is 1190 g/mol. The van der Waals surface area contributed by atoms with Crippen molar-refractivity contribution in [3.63, 3.8) is 0 Å². The topological polar surface area (TPSA) is 498 Å². The van der Waals surface area contributed by atoms with E-state index >= 15 is 0 Å². The molecule has 1 aliphatic heterocycles. The summed E-state index contributed by atoms with van der Waals surface area (Å²) in [5, 5.41) is 67.0. The van der Waals surface area contributed by atoms with Gasteiger partial charge in [0.05, 0.1) is 18.6 Å². The molecule has 462 valence electrons. The number of amides is 11. The van der Waals surface area contributed by atoms with E-state index in [1.807, 2.05) is 0 Å². The second-order valence-corrected chi connectivity index (χ2v) is 20.8. The number of primary amides is 3. The van der Waals surface area contributed by atoms with Gasteiger partial charge in [-0.05, 0) is 91.6 Å². The molecule has 4 rings (SSSR count). The Kier molecular flexibility index (Phi) is 26.0. The van der Waals surface area contributed by atoms with Crippen LogP contribution in [-0.2, 0) is 76.8 Å². The van der Waals surface area contributed by atoms with Gasteiger partial charge in [-0.25, -0.2) is 4.79 Å². The number of carbonyl (C=O) groups is 12. The number of rotatable bonds is 33. The number of hydrogen-bond acceptors (Lipinski definition) is 17. The molecule has 29 nitrogen and oxygen atoms in total. The van der Waals surface area contributed by atoms with Crippen LogP contribution in [0.4, 0.5) is 0 Å². The number of nitrogens with zero attached hydrogens (tertiary/aromatic N) is 1. The molecule has 3 aromatic carbocycles. The number of nitrogens with two attached hydrogens (primary N) is 4.